The maximum Gasteiger partial charge on any atom is 0.217 e. The van der Waals surface area contributed by atoms with E-state index in [0.717, 1.165) is 18.7 Å². The number of carbonyl (C=O) groups is 1. The minimum absolute atomic E-state index is 0.190. The molecule has 3 N–H and O–H groups in total. The van der Waals surface area contributed by atoms with Gasteiger partial charge in [-0.3, -0.25) is 4.79 Å². The zero-order chi connectivity index (χ0) is 14.3. The Morgan fingerprint density at radius 2 is 1.89 bits per heavy atom. The van der Waals surface area contributed by atoms with Gasteiger partial charge in [-0.1, -0.05) is 12.1 Å². The topological polar surface area (TPSA) is 64.3 Å². The maximum atomic E-state index is 10.6. The van der Waals surface area contributed by atoms with Crippen LogP contribution in [0, 0.1) is 0 Å². The second kappa shape index (κ2) is 7.79. The molecule has 0 radical (unpaired) electrons. The zero-order valence-electron chi connectivity index (χ0n) is 12.0. The smallest absolute Gasteiger partial charge is 0.217 e. The van der Waals surface area contributed by atoms with E-state index in [1.807, 2.05) is 26.0 Å². The molecule has 106 valence electrons. The van der Waals surface area contributed by atoms with E-state index < -0.39 is 0 Å². The van der Waals surface area contributed by atoms with Crippen LogP contribution < -0.4 is 15.8 Å². The van der Waals surface area contributed by atoms with Crippen molar-refractivity contribution in [1.29, 1.82) is 0 Å². The van der Waals surface area contributed by atoms with Gasteiger partial charge in [0.15, 0.2) is 0 Å². The van der Waals surface area contributed by atoms with Crippen LogP contribution in [0.15, 0.2) is 24.3 Å². The van der Waals surface area contributed by atoms with E-state index in [9.17, 15) is 4.79 Å². The van der Waals surface area contributed by atoms with Gasteiger partial charge in [0.05, 0.1) is 6.10 Å². The standard InChI is InChI=1S/C15H24N2O2/c1-11(2)19-14-8-6-13(7-9-14)12(3)17-10-4-5-15(16)18/h6-9,11-12,17H,4-5,10H2,1-3H3,(H2,16,18). The Labute approximate surface area is 115 Å². The van der Waals surface area contributed by atoms with E-state index in [2.05, 4.69) is 24.4 Å². The van der Waals surface area contributed by atoms with Gasteiger partial charge in [-0.15, -0.1) is 0 Å². The molecule has 0 aromatic heterocycles. The van der Waals surface area contributed by atoms with E-state index in [-0.39, 0.29) is 18.1 Å². The fraction of sp³-hybridized carbons (Fsp3) is 0.533. The van der Waals surface area contributed by atoms with Crippen molar-refractivity contribution in [3.05, 3.63) is 29.8 Å². The SMILES string of the molecule is CC(C)Oc1ccc(C(C)NCCCC(N)=O)cc1. The summed E-state index contributed by atoms with van der Waals surface area (Å²) in [6.07, 6.45) is 1.39. The van der Waals surface area contributed by atoms with Gasteiger partial charge < -0.3 is 15.8 Å². The summed E-state index contributed by atoms with van der Waals surface area (Å²) in [4.78, 5) is 10.6. The highest BCUT2D eigenvalue weighted by molar-refractivity contribution is 5.73. The fourth-order valence-corrected chi connectivity index (χ4v) is 1.81. The Morgan fingerprint density at radius 1 is 1.26 bits per heavy atom. The van der Waals surface area contributed by atoms with Crippen molar-refractivity contribution in [3.8, 4) is 5.75 Å². The number of carbonyl (C=O) groups excluding carboxylic acids is 1. The molecule has 1 aromatic rings. The van der Waals surface area contributed by atoms with Crippen molar-refractivity contribution in [2.45, 2.75) is 45.8 Å². The van der Waals surface area contributed by atoms with Crippen LogP contribution in [0.5, 0.6) is 5.75 Å². The summed E-state index contributed by atoms with van der Waals surface area (Å²) >= 11 is 0. The van der Waals surface area contributed by atoms with Crippen LogP contribution in [0.2, 0.25) is 0 Å². The molecule has 1 amide bonds. The monoisotopic (exact) mass is 264 g/mol. The number of hydrogen-bond donors (Lipinski definition) is 2. The Balaban J connectivity index is 2.39. The maximum absolute atomic E-state index is 10.6. The fourth-order valence-electron chi connectivity index (χ4n) is 1.81. The number of nitrogens with one attached hydrogen (secondary N) is 1. The van der Waals surface area contributed by atoms with E-state index in [1.165, 1.54) is 5.56 Å². The van der Waals surface area contributed by atoms with Gasteiger partial charge >= 0.3 is 0 Å². The molecular weight excluding hydrogens is 240 g/mol. The molecule has 4 heteroatoms. The number of ether oxygens (including phenoxy) is 1. The molecule has 0 aliphatic rings. The summed E-state index contributed by atoms with van der Waals surface area (Å²) in [6.45, 7) is 6.91. The van der Waals surface area contributed by atoms with Gasteiger partial charge in [-0.25, -0.2) is 0 Å². The third-order valence-electron chi connectivity index (χ3n) is 2.80. The summed E-state index contributed by atoms with van der Waals surface area (Å²) in [5.41, 5.74) is 6.30. The van der Waals surface area contributed by atoms with Crippen molar-refractivity contribution in [1.82, 2.24) is 5.32 Å². The van der Waals surface area contributed by atoms with Crippen LogP contribution in [-0.2, 0) is 4.79 Å². The van der Waals surface area contributed by atoms with E-state index >= 15 is 0 Å². The number of nitrogens with two attached hydrogens (primary N) is 1. The van der Waals surface area contributed by atoms with Crippen LogP contribution in [0.4, 0.5) is 0 Å². The van der Waals surface area contributed by atoms with Crippen molar-refractivity contribution < 1.29 is 9.53 Å². The van der Waals surface area contributed by atoms with Crippen LogP contribution in [-0.4, -0.2) is 18.6 Å². The highest BCUT2D eigenvalue weighted by Crippen LogP contribution is 2.18. The van der Waals surface area contributed by atoms with Gasteiger partial charge in [-0.05, 0) is 51.4 Å². The van der Waals surface area contributed by atoms with E-state index in [4.69, 9.17) is 10.5 Å². The van der Waals surface area contributed by atoms with Crippen molar-refractivity contribution in [2.75, 3.05) is 6.54 Å². The molecule has 0 bridgehead atoms. The van der Waals surface area contributed by atoms with Crippen molar-refractivity contribution in [2.24, 2.45) is 5.73 Å². The molecule has 1 rings (SSSR count). The lowest BCUT2D eigenvalue weighted by Crippen LogP contribution is -2.21. The zero-order valence-corrected chi connectivity index (χ0v) is 12.0. The highest BCUT2D eigenvalue weighted by Gasteiger charge is 2.05. The molecule has 0 saturated heterocycles. The summed E-state index contributed by atoms with van der Waals surface area (Å²) < 4.78 is 5.60. The Kier molecular flexibility index (Phi) is 6.36. The van der Waals surface area contributed by atoms with Gasteiger partial charge in [0.25, 0.3) is 0 Å². The lowest BCUT2D eigenvalue weighted by Gasteiger charge is -2.15. The minimum atomic E-state index is -0.246. The first kappa shape index (κ1) is 15.5. The third-order valence-corrected chi connectivity index (χ3v) is 2.80. The quantitative estimate of drug-likeness (QED) is 0.709. The number of benzene rings is 1. The molecular formula is C15H24N2O2. The van der Waals surface area contributed by atoms with Crippen LogP contribution in [0.25, 0.3) is 0 Å². The van der Waals surface area contributed by atoms with Crippen LogP contribution in [0.3, 0.4) is 0 Å². The summed E-state index contributed by atoms with van der Waals surface area (Å²) in [5.74, 6) is 0.643. The molecule has 0 saturated carbocycles. The lowest BCUT2D eigenvalue weighted by molar-refractivity contribution is -0.118. The average molecular weight is 264 g/mol. The first-order valence-electron chi connectivity index (χ1n) is 6.77. The molecule has 4 nitrogen and oxygen atoms in total. The number of primary amides is 1. The second-order valence-electron chi connectivity index (χ2n) is 4.98. The summed E-state index contributed by atoms with van der Waals surface area (Å²) in [5, 5.41) is 3.37. The van der Waals surface area contributed by atoms with Gasteiger partial charge in [0.2, 0.25) is 5.91 Å². The van der Waals surface area contributed by atoms with Crippen molar-refractivity contribution >= 4 is 5.91 Å². The van der Waals surface area contributed by atoms with Crippen molar-refractivity contribution in [3.63, 3.8) is 0 Å². The molecule has 19 heavy (non-hydrogen) atoms. The Hall–Kier alpha value is -1.55. The van der Waals surface area contributed by atoms with Gasteiger partial charge in [0.1, 0.15) is 5.75 Å². The number of amides is 1. The van der Waals surface area contributed by atoms with E-state index in [1.54, 1.807) is 0 Å². The number of rotatable bonds is 8. The van der Waals surface area contributed by atoms with E-state index in [0.29, 0.717) is 6.42 Å². The first-order valence-corrected chi connectivity index (χ1v) is 6.77. The van der Waals surface area contributed by atoms with Gasteiger partial charge in [0, 0.05) is 12.5 Å². The molecule has 1 atom stereocenters. The highest BCUT2D eigenvalue weighted by atomic mass is 16.5. The molecule has 0 spiro atoms. The summed E-state index contributed by atoms with van der Waals surface area (Å²) in [6, 6.07) is 8.34. The minimum Gasteiger partial charge on any atom is -0.491 e. The summed E-state index contributed by atoms with van der Waals surface area (Å²) in [7, 11) is 0. The molecule has 0 heterocycles. The Bertz CT molecular complexity index is 388. The predicted octanol–water partition coefficient (Wildman–Crippen LogP) is 2.39. The molecule has 1 aromatic carbocycles. The number of hydrogen-bond acceptors (Lipinski definition) is 3. The third kappa shape index (κ3) is 6.25. The van der Waals surface area contributed by atoms with Gasteiger partial charge in [-0.2, -0.15) is 0 Å². The van der Waals surface area contributed by atoms with Crippen LogP contribution in [0.1, 0.15) is 45.2 Å². The largest absolute Gasteiger partial charge is 0.491 e. The van der Waals surface area contributed by atoms with Crippen LogP contribution >= 0.6 is 0 Å². The molecule has 1 unspecified atom stereocenters. The average Bonchev–Trinajstić information content (AvgIpc) is 2.34. The molecule has 0 aliphatic heterocycles. The normalized spacial score (nSPS) is 12.4. The Morgan fingerprint density at radius 3 is 2.42 bits per heavy atom. The first-order chi connectivity index (χ1) is 8.99. The predicted molar refractivity (Wildman–Crippen MR) is 77.1 cm³/mol. The lowest BCUT2D eigenvalue weighted by atomic mass is 10.1. The molecule has 0 aliphatic carbocycles. The second-order valence-corrected chi connectivity index (χ2v) is 4.98. The molecule has 0 fully saturated rings.